The van der Waals surface area contributed by atoms with Crippen molar-refractivity contribution < 1.29 is 26.9 Å². The van der Waals surface area contributed by atoms with Crippen LogP contribution in [-0.2, 0) is 10.1 Å². The first-order valence-electron chi connectivity index (χ1n) is 5.94. The molecule has 2 aromatic rings. The second-order valence-electron chi connectivity index (χ2n) is 4.01. The predicted molar refractivity (Wildman–Crippen MR) is 74.7 cm³/mol. The van der Waals surface area contributed by atoms with Gasteiger partial charge in [0.25, 0.3) is 5.91 Å². The molecule has 1 heterocycles. The summed E-state index contributed by atoms with van der Waals surface area (Å²) in [5.41, 5.74) is 2.51. The maximum atomic E-state index is 11.9. The highest BCUT2D eigenvalue weighted by molar-refractivity contribution is 7.85. The molecule has 0 aliphatic rings. The molecular formula is C13H11N2O6S-. The number of benzene rings is 1. The van der Waals surface area contributed by atoms with E-state index < -0.39 is 21.1 Å². The number of nitrogens with zero attached hydrogens (tertiary/aromatic N) is 1. The fraction of sp³-hybridized carbons (Fsp3) is 0.0769. The standard InChI is InChI=1S/C13H12N2O6S/c1-20-11-5-3-2-4-10(11)13(16)15-14-8-9-6-7-12(21-9)22(17,18)19/h2-8H,1H3,(H,15,16)(H,17,18,19)/p-1/b14-8-. The molecular weight excluding hydrogens is 312 g/mol. The van der Waals surface area contributed by atoms with Crippen LogP contribution in [0.1, 0.15) is 16.1 Å². The molecule has 0 radical (unpaired) electrons. The quantitative estimate of drug-likeness (QED) is 0.497. The van der Waals surface area contributed by atoms with Gasteiger partial charge in [0.05, 0.1) is 18.9 Å². The van der Waals surface area contributed by atoms with Crippen molar-refractivity contribution >= 4 is 22.2 Å². The molecule has 0 spiro atoms. The zero-order valence-electron chi connectivity index (χ0n) is 11.3. The Labute approximate surface area is 126 Å². The Kier molecular flexibility index (Phi) is 4.59. The van der Waals surface area contributed by atoms with Crippen LogP contribution in [0.2, 0.25) is 0 Å². The zero-order chi connectivity index (χ0) is 16.2. The molecule has 8 nitrogen and oxygen atoms in total. The molecule has 0 bridgehead atoms. The van der Waals surface area contributed by atoms with E-state index in [0.717, 1.165) is 12.3 Å². The SMILES string of the molecule is COc1ccccc1C(=O)N/N=C\c1ccc(S(=O)(=O)[O-])o1. The number of methoxy groups -OCH3 is 1. The maximum Gasteiger partial charge on any atom is 0.275 e. The van der Waals surface area contributed by atoms with Gasteiger partial charge < -0.3 is 13.7 Å². The van der Waals surface area contributed by atoms with Gasteiger partial charge in [-0.15, -0.1) is 0 Å². The monoisotopic (exact) mass is 323 g/mol. The van der Waals surface area contributed by atoms with E-state index in [4.69, 9.17) is 9.15 Å². The van der Waals surface area contributed by atoms with Gasteiger partial charge in [-0.05, 0) is 24.3 Å². The first-order chi connectivity index (χ1) is 10.4. The van der Waals surface area contributed by atoms with E-state index >= 15 is 0 Å². The first-order valence-corrected chi connectivity index (χ1v) is 7.35. The minimum Gasteiger partial charge on any atom is -0.742 e. The number of nitrogens with one attached hydrogen (secondary N) is 1. The van der Waals surface area contributed by atoms with Gasteiger partial charge in [0, 0.05) is 0 Å². The molecule has 0 saturated heterocycles. The number of hydrogen-bond acceptors (Lipinski definition) is 7. The number of carbonyl (C=O) groups is 1. The van der Waals surface area contributed by atoms with Crippen LogP contribution in [0.3, 0.4) is 0 Å². The number of para-hydroxylation sites is 1. The number of ether oxygens (including phenoxy) is 1. The van der Waals surface area contributed by atoms with Crippen molar-refractivity contribution in [1.82, 2.24) is 5.43 Å². The third kappa shape index (κ3) is 3.71. The summed E-state index contributed by atoms with van der Waals surface area (Å²) in [5, 5.41) is 2.90. The van der Waals surface area contributed by atoms with E-state index in [1.807, 2.05) is 0 Å². The van der Waals surface area contributed by atoms with Crippen LogP contribution in [0, 0.1) is 0 Å². The van der Waals surface area contributed by atoms with E-state index in [2.05, 4.69) is 10.5 Å². The van der Waals surface area contributed by atoms with E-state index in [-0.39, 0.29) is 11.3 Å². The molecule has 1 aromatic carbocycles. The highest BCUT2D eigenvalue weighted by Crippen LogP contribution is 2.16. The third-order valence-electron chi connectivity index (χ3n) is 2.56. The third-order valence-corrected chi connectivity index (χ3v) is 3.27. The summed E-state index contributed by atoms with van der Waals surface area (Å²) in [4.78, 5) is 11.9. The summed E-state index contributed by atoms with van der Waals surface area (Å²) in [5.74, 6) is -0.125. The molecule has 1 aromatic heterocycles. The van der Waals surface area contributed by atoms with Crippen LogP contribution in [0.15, 0.2) is 51.0 Å². The molecule has 22 heavy (non-hydrogen) atoms. The first kappa shape index (κ1) is 15.7. The molecule has 0 aliphatic carbocycles. The minimum absolute atomic E-state index is 0.00903. The Hall–Kier alpha value is -2.65. The second-order valence-corrected chi connectivity index (χ2v) is 5.32. The summed E-state index contributed by atoms with van der Waals surface area (Å²) < 4.78 is 41.9. The van der Waals surface area contributed by atoms with Gasteiger partial charge in [-0.1, -0.05) is 12.1 Å². The number of hydrazone groups is 1. The molecule has 116 valence electrons. The average Bonchev–Trinajstić information content (AvgIpc) is 2.96. The topological polar surface area (TPSA) is 121 Å². The smallest absolute Gasteiger partial charge is 0.275 e. The number of furan rings is 1. The highest BCUT2D eigenvalue weighted by Gasteiger charge is 2.10. The van der Waals surface area contributed by atoms with Gasteiger partial charge in [0.1, 0.15) is 11.5 Å². The van der Waals surface area contributed by atoms with Crippen LogP contribution in [0.4, 0.5) is 0 Å². The molecule has 1 amide bonds. The van der Waals surface area contributed by atoms with Gasteiger partial charge in [-0.2, -0.15) is 5.10 Å². The van der Waals surface area contributed by atoms with Gasteiger partial charge in [-0.3, -0.25) is 4.79 Å². The second kappa shape index (κ2) is 6.41. The van der Waals surface area contributed by atoms with Crippen molar-refractivity contribution in [3.8, 4) is 5.75 Å². The summed E-state index contributed by atoms with van der Waals surface area (Å²) in [6, 6.07) is 8.80. The maximum absolute atomic E-state index is 11.9. The van der Waals surface area contributed by atoms with Crippen LogP contribution in [-0.4, -0.2) is 32.2 Å². The van der Waals surface area contributed by atoms with Crippen molar-refractivity contribution in [2.24, 2.45) is 5.10 Å². The molecule has 2 rings (SSSR count). The summed E-state index contributed by atoms with van der Waals surface area (Å²) >= 11 is 0. The number of amides is 1. The van der Waals surface area contributed by atoms with Gasteiger partial charge in [-0.25, -0.2) is 13.8 Å². The van der Waals surface area contributed by atoms with Gasteiger partial charge in [0.15, 0.2) is 10.1 Å². The van der Waals surface area contributed by atoms with Crippen molar-refractivity contribution in [2.75, 3.05) is 7.11 Å². The Morgan fingerprint density at radius 3 is 2.68 bits per heavy atom. The zero-order valence-corrected chi connectivity index (χ0v) is 12.2. The van der Waals surface area contributed by atoms with Crippen molar-refractivity contribution in [3.63, 3.8) is 0 Å². The lowest BCUT2D eigenvalue weighted by Crippen LogP contribution is -2.18. The number of rotatable bonds is 5. The van der Waals surface area contributed by atoms with Crippen LogP contribution >= 0.6 is 0 Å². The van der Waals surface area contributed by atoms with Crippen molar-refractivity contribution in [3.05, 3.63) is 47.7 Å². The normalized spacial score (nSPS) is 11.5. The molecule has 0 saturated carbocycles. The lowest BCUT2D eigenvalue weighted by atomic mass is 10.2. The lowest BCUT2D eigenvalue weighted by molar-refractivity contribution is 0.0952. The fourth-order valence-corrected chi connectivity index (χ4v) is 2.02. The molecule has 0 aliphatic heterocycles. The van der Waals surface area contributed by atoms with Crippen LogP contribution in [0.25, 0.3) is 0 Å². The van der Waals surface area contributed by atoms with Crippen molar-refractivity contribution in [2.45, 2.75) is 5.09 Å². The molecule has 0 atom stereocenters. The van der Waals surface area contributed by atoms with Gasteiger partial charge >= 0.3 is 0 Å². The van der Waals surface area contributed by atoms with E-state index in [1.54, 1.807) is 24.3 Å². The average molecular weight is 323 g/mol. The van der Waals surface area contributed by atoms with Gasteiger partial charge in [0.2, 0.25) is 5.09 Å². The van der Waals surface area contributed by atoms with Crippen LogP contribution < -0.4 is 10.2 Å². The summed E-state index contributed by atoms with van der Waals surface area (Å²) in [6.45, 7) is 0. The highest BCUT2D eigenvalue weighted by atomic mass is 32.2. The summed E-state index contributed by atoms with van der Waals surface area (Å²) in [7, 11) is -3.22. The van der Waals surface area contributed by atoms with Crippen molar-refractivity contribution in [1.29, 1.82) is 0 Å². The molecule has 9 heteroatoms. The Bertz CT molecular complexity index is 809. The fourth-order valence-electron chi connectivity index (χ4n) is 1.59. The Balaban J connectivity index is 2.06. The number of hydrogen-bond donors (Lipinski definition) is 1. The number of carbonyl (C=O) groups excluding carboxylic acids is 1. The van der Waals surface area contributed by atoms with E-state index in [9.17, 15) is 17.8 Å². The van der Waals surface area contributed by atoms with E-state index in [1.165, 1.54) is 13.2 Å². The molecule has 1 N–H and O–H groups in total. The largest absolute Gasteiger partial charge is 0.742 e. The van der Waals surface area contributed by atoms with E-state index in [0.29, 0.717) is 5.75 Å². The minimum atomic E-state index is -4.66. The lowest BCUT2D eigenvalue weighted by Gasteiger charge is -2.05. The molecule has 0 fully saturated rings. The molecule has 0 unspecified atom stereocenters. The summed E-state index contributed by atoms with van der Waals surface area (Å²) in [6.07, 6.45) is 1.07. The Morgan fingerprint density at radius 1 is 1.32 bits per heavy atom. The predicted octanol–water partition coefficient (Wildman–Crippen LogP) is 0.956. The van der Waals surface area contributed by atoms with Crippen LogP contribution in [0.5, 0.6) is 5.75 Å². The Morgan fingerprint density at radius 2 is 2.05 bits per heavy atom.